The second-order valence-electron chi connectivity index (χ2n) is 5.11. The molecule has 0 fully saturated rings. The molecule has 0 bridgehead atoms. The first-order valence-corrected chi connectivity index (χ1v) is 7.44. The van der Waals surface area contributed by atoms with Crippen LogP contribution in [0.15, 0.2) is 60.8 Å². The first-order chi connectivity index (χ1) is 10.2. The van der Waals surface area contributed by atoms with E-state index in [4.69, 9.17) is 11.6 Å². The van der Waals surface area contributed by atoms with Crippen molar-refractivity contribution in [2.24, 2.45) is 0 Å². The van der Waals surface area contributed by atoms with Gasteiger partial charge >= 0.3 is 0 Å². The van der Waals surface area contributed by atoms with Gasteiger partial charge in [0.15, 0.2) is 5.78 Å². The summed E-state index contributed by atoms with van der Waals surface area (Å²) in [6.07, 6.45) is 3.45. The molecule has 106 valence electrons. The van der Waals surface area contributed by atoms with Gasteiger partial charge in [0.05, 0.1) is 0 Å². The molecular formula is C18H16ClNO. The molecule has 0 aliphatic rings. The number of aryl methyl sites for hydroxylation is 1. The third kappa shape index (κ3) is 3.17. The van der Waals surface area contributed by atoms with Gasteiger partial charge in [0, 0.05) is 40.7 Å². The van der Waals surface area contributed by atoms with Crippen molar-refractivity contribution in [2.75, 3.05) is 0 Å². The lowest BCUT2D eigenvalue weighted by Crippen LogP contribution is -2.02. The molecule has 0 radical (unpaired) electrons. The molecule has 3 rings (SSSR count). The third-order valence-electron chi connectivity index (χ3n) is 3.63. The lowest BCUT2D eigenvalue weighted by molar-refractivity contribution is 0.0978. The number of nitrogens with zero attached hydrogens (tertiary/aromatic N) is 1. The molecule has 0 aliphatic carbocycles. The second-order valence-corrected chi connectivity index (χ2v) is 5.54. The number of carbonyl (C=O) groups excluding carboxylic acids is 1. The minimum atomic E-state index is 0.204. The summed E-state index contributed by atoms with van der Waals surface area (Å²) in [6, 6.07) is 17.4. The van der Waals surface area contributed by atoms with Crippen LogP contribution in [0.1, 0.15) is 23.2 Å². The maximum Gasteiger partial charge on any atom is 0.162 e. The number of ketones is 1. The highest BCUT2D eigenvalue weighted by Crippen LogP contribution is 2.21. The number of halogens is 1. The van der Waals surface area contributed by atoms with E-state index in [-0.39, 0.29) is 5.78 Å². The molecule has 0 amide bonds. The van der Waals surface area contributed by atoms with E-state index in [0.717, 1.165) is 34.5 Å². The lowest BCUT2D eigenvalue weighted by Gasteiger charge is -2.05. The Balaban J connectivity index is 1.63. The molecule has 0 N–H and O–H groups in total. The second kappa shape index (κ2) is 6.15. The van der Waals surface area contributed by atoms with Crippen molar-refractivity contribution < 1.29 is 4.79 Å². The highest BCUT2D eigenvalue weighted by atomic mass is 35.5. The van der Waals surface area contributed by atoms with Crippen LogP contribution in [0.5, 0.6) is 0 Å². The van der Waals surface area contributed by atoms with E-state index >= 15 is 0 Å². The highest BCUT2D eigenvalue weighted by molar-refractivity contribution is 6.31. The fraction of sp³-hybridized carbons (Fsp3) is 0.167. The smallest absolute Gasteiger partial charge is 0.162 e. The summed E-state index contributed by atoms with van der Waals surface area (Å²) < 4.78 is 2.17. The van der Waals surface area contributed by atoms with Gasteiger partial charge in [0.25, 0.3) is 0 Å². The third-order valence-corrected chi connectivity index (χ3v) is 3.87. The van der Waals surface area contributed by atoms with Crippen molar-refractivity contribution in [3.8, 4) is 0 Å². The van der Waals surface area contributed by atoms with Crippen LogP contribution in [-0.2, 0) is 6.54 Å². The van der Waals surface area contributed by atoms with E-state index in [1.165, 1.54) is 0 Å². The predicted molar refractivity (Wildman–Crippen MR) is 87.0 cm³/mol. The van der Waals surface area contributed by atoms with Gasteiger partial charge in [-0.15, -0.1) is 0 Å². The van der Waals surface area contributed by atoms with Gasteiger partial charge in [0.2, 0.25) is 0 Å². The normalized spacial score (nSPS) is 10.9. The van der Waals surface area contributed by atoms with Crippen molar-refractivity contribution in [3.63, 3.8) is 0 Å². The molecule has 0 saturated heterocycles. The van der Waals surface area contributed by atoms with Crippen LogP contribution in [0.4, 0.5) is 0 Å². The molecule has 1 heterocycles. The van der Waals surface area contributed by atoms with Gasteiger partial charge in [0.1, 0.15) is 0 Å². The summed E-state index contributed by atoms with van der Waals surface area (Å²) in [6.45, 7) is 0.837. The molecule has 21 heavy (non-hydrogen) atoms. The van der Waals surface area contributed by atoms with Crippen molar-refractivity contribution in [3.05, 3.63) is 71.4 Å². The number of benzene rings is 2. The van der Waals surface area contributed by atoms with Crippen LogP contribution < -0.4 is 0 Å². The number of hydrogen-bond acceptors (Lipinski definition) is 1. The van der Waals surface area contributed by atoms with Crippen LogP contribution in [-0.4, -0.2) is 10.4 Å². The van der Waals surface area contributed by atoms with Gasteiger partial charge in [-0.3, -0.25) is 4.79 Å². The zero-order chi connectivity index (χ0) is 14.7. The highest BCUT2D eigenvalue weighted by Gasteiger charge is 2.06. The molecule has 3 heteroatoms. The van der Waals surface area contributed by atoms with Gasteiger partial charge in [-0.25, -0.2) is 0 Å². The van der Waals surface area contributed by atoms with Crippen molar-refractivity contribution in [2.45, 2.75) is 19.4 Å². The average molecular weight is 298 g/mol. The Labute approximate surface area is 129 Å². The molecule has 0 saturated carbocycles. The summed E-state index contributed by atoms with van der Waals surface area (Å²) >= 11 is 5.99. The molecule has 0 aliphatic heterocycles. The number of fused-ring (bicyclic) bond motifs is 1. The Hall–Kier alpha value is -2.06. The molecule has 1 aromatic heterocycles. The van der Waals surface area contributed by atoms with Crippen LogP contribution in [0, 0.1) is 0 Å². The van der Waals surface area contributed by atoms with Crippen LogP contribution >= 0.6 is 11.6 Å². The number of carbonyl (C=O) groups is 1. The lowest BCUT2D eigenvalue weighted by atomic mass is 10.1. The first kappa shape index (κ1) is 13.9. The van der Waals surface area contributed by atoms with E-state index < -0.39 is 0 Å². The fourth-order valence-electron chi connectivity index (χ4n) is 2.54. The Morgan fingerprint density at radius 1 is 1.05 bits per heavy atom. The number of Topliss-reactive ketones (excluding diaryl/α,β-unsaturated/α-hetero) is 1. The Kier molecular flexibility index (Phi) is 4.07. The first-order valence-electron chi connectivity index (χ1n) is 7.07. The zero-order valence-electron chi connectivity index (χ0n) is 11.6. The molecule has 0 spiro atoms. The van der Waals surface area contributed by atoms with Gasteiger partial charge < -0.3 is 4.57 Å². The largest absolute Gasteiger partial charge is 0.347 e. The van der Waals surface area contributed by atoms with E-state index in [1.54, 1.807) is 0 Å². The number of aromatic nitrogens is 1. The van der Waals surface area contributed by atoms with E-state index in [2.05, 4.69) is 10.6 Å². The maximum absolute atomic E-state index is 12.1. The molecule has 0 unspecified atom stereocenters. The molecular weight excluding hydrogens is 282 g/mol. The molecule has 2 aromatic carbocycles. The Morgan fingerprint density at radius 3 is 2.67 bits per heavy atom. The summed E-state index contributed by atoms with van der Waals surface area (Å²) in [5.41, 5.74) is 1.95. The topological polar surface area (TPSA) is 22.0 Å². The SMILES string of the molecule is O=C(CCCn1ccc2cc(Cl)ccc21)c1ccccc1. The van der Waals surface area contributed by atoms with E-state index in [9.17, 15) is 4.79 Å². The fourth-order valence-corrected chi connectivity index (χ4v) is 2.72. The Bertz CT molecular complexity index is 761. The van der Waals surface area contributed by atoms with Gasteiger partial charge in [-0.2, -0.15) is 0 Å². The number of rotatable bonds is 5. The minimum absolute atomic E-state index is 0.204. The van der Waals surface area contributed by atoms with Crippen LogP contribution in [0.3, 0.4) is 0 Å². The van der Waals surface area contributed by atoms with Crippen molar-refractivity contribution >= 4 is 28.3 Å². The van der Waals surface area contributed by atoms with Crippen LogP contribution in [0.2, 0.25) is 5.02 Å². The number of hydrogen-bond donors (Lipinski definition) is 0. The Morgan fingerprint density at radius 2 is 1.86 bits per heavy atom. The summed E-state index contributed by atoms with van der Waals surface area (Å²) in [5.74, 6) is 0.204. The summed E-state index contributed by atoms with van der Waals surface area (Å²) in [5, 5.41) is 1.89. The molecule has 0 atom stereocenters. The predicted octanol–water partition coefficient (Wildman–Crippen LogP) is 4.96. The molecule has 2 nitrogen and oxygen atoms in total. The van der Waals surface area contributed by atoms with Crippen molar-refractivity contribution in [1.29, 1.82) is 0 Å². The van der Waals surface area contributed by atoms with Crippen LogP contribution in [0.25, 0.3) is 10.9 Å². The molecule has 3 aromatic rings. The standard InChI is InChI=1S/C18H16ClNO/c19-16-8-9-17-15(13-16)10-12-20(17)11-4-7-18(21)14-5-2-1-3-6-14/h1-3,5-6,8-10,12-13H,4,7,11H2. The van der Waals surface area contributed by atoms with Gasteiger partial charge in [-0.05, 0) is 30.7 Å². The maximum atomic E-state index is 12.1. The average Bonchev–Trinajstić information content (AvgIpc) is 2.90. The zero-order valence-corrected chi connectivity index (χ0v) is 12.4. The minimum Gasteiger partial charge on any atom is -0.347 e. The monoisotopic (exact) mass is 297 g/mol. The van der Waals surface area contributed by atoms with Crippen molar-refractivity contribution in [1.82, 2.24) is 4.57 Å². The van der Waals surface area contributed by atoms with Gasteiger partial charge in [-0.1, -0.05) is 41.9 Å². The van der Waals surface area contributed by atoms with E-state index in [1.807, 2.05) is 54.7 Å². The summed E-state index contributed by atoms with van der Waals surface area (Å²) in [4.78, 5) is 12.1. The quantitative estimate of drug-likeness (QED) is 0.610. The van der Waals surface area contributed by atoms with E-state index in [0.29, 0.717) is 6.42 Å². The summed E-state index contributed by atoms with van der Waals surface area (Å²) in [7, 11) is 0.